The van der Waals surface area contributed by atoms with Gasteiger partial charge in [0.1, 0.15) is 5.82 Å². The second-order valence-corrected chi connectivity index (χ2v) is 8.34. The molecule has 0 radical (unpaired) electrons. The molecule has 3 N–H and O–H groups in total. The van der Waals surface area contributed by atoms with Crippen molar-refractivity contribution in [2.45, 2.75) is 31.9 Å². The summed E-state index contributed by atoms with van der Waals surface area (Å²) in [6, 6.07) is 1.08. The van der Waals surface area contributed by atoms with Crippen molar-refractivity contribution in [1.29, 1.82) is 0 Å². The molecule has 31 heavy (non-hydrogen) atoms. The largest absolute Gasteiger partial charge is 0.417 e. The summed E-state index contributed by atoms with van der Waals surface area (Å²) in [5, 5.41) is 6.02. The third kappa shape index (κ3) is 4.62. The Morgan fingerprint density at radius 1 is 1.29 bits per heavy atom. The predicted molar refractivity (Wildman–Crippen MR) is 108 cm³/mol. The van der Waals surface area contributed by atoms with Crippen LogP contribution < -0.4 is 5.73 Å². The Labute approximate surface area is 177 Å². The molecule has 4 heterocycles. The number of halogens is 3. The molecule has 0 saturated carbocycles. The number of carbonyl (C=O) groups is 1. The van der Waals surface area contributed by atoms with E-state index in [0.717, 1.165) is 19.2 Å². The standard InChI is InChI=1S/C20H27F3N6O2/c1-12(11-28-6-8-31-9-7-28)19(30)29-4-2-13(3-5-29)15-10-14(20(21,22)23)16-17(24)26-27-18(16)25-15/h10,12-13H,2-9,11H2,1H3,(H3,24,25,26,27). The number of rotatable bonds is 4. The molecule has 2 aromatic heterocycles. The summed E-state index contributed by atoms with van der Waals surface area (Å²) in [6.45, 7) is 6.64. The van der Waals surface area contributed by atoms with Gasteiger partial charge >= 0.3 is 6.18 Å². The maximum absolute atomic E-state index is 13.6. The Bertz CT molecular complexity index is 933. The maximum Gasteiger partial charge on any atom is 0.417 e. The number of anilines is 1. The van der Waals surface area contributed by atoms with Crippen LogP contribution in [0.4, 0.5) is 19.0 Å². The van der Waals surface area contributed by atoms with E-state index in [1.807, 2.05) is 11.8 Å². The number of nitrogens with two attached hydrogens (primary N) is 1. The number of fused-ring (bicyclic) bond motifs is 1. The van der Waals surface area contributed by atoms with Gasteiger partial charge in [-0.1, -0.05) is 6.92 Å². The number of nitrogens with one attached hydrogen (secondary N) is 1. The van der Waals surface area contributed by atoms with Crippen LogP contribution in [-0.2, 0) is 15.7 Å². The lowest BCUT2D eigenvalue weighted by molar-refractivity contribution is -0.137. The van der Waals surface area contributed by atoms with Crippen LogP contribution in [0.2, 0.25) is 0 Å². The third-order valence-electron chi connectivity index (χ3n) is 6.16. The van der Waals surface area contributed by atoms with E-state index in [0.29, 0.717) is 51.4 Å². The van der Waals surface area contributed by atoms with Gasteiger partial charge in [-0.15, -0.1) is 0 Å². The lowest BCUT2D eigenvalue weighted by atomic mass is 9.91. The lowest BCUT2D eigenvalue weighted by Gasteiger charge is -2.35. The van der Waals surface area contributed by atoms with Gasteiger partial charge in [0.2, 0.25) is 5.91 Å². The average molecular weight is 440 g/mol. The molecule has 11 heteroatoms. The quantitative estimate of drug-likeness (QED) is 0.756. The van der Waals surface area contributed by atoms with Gasteiger partial charge in [0.05, 0.1) is 24.2 Å². The zero-order valence-electron chi connectivity index (χ0n) is 17.4. The fraction of sp³-hybridized carbons (Fsp3) is 0.650. The number of nitrogens with zero attached hydrogens (tertiary/aromatic N) is 4. The van der Waals surface area contributed by atoms with Crippen molar-refractivity contribution < 1.29 is 22.7 Å². The summed E-state index contributed by atoms with van der Waals surface area (Å²) in [7, 11) is 0. The summed E-state index contributed by atoms with van der Waals surface area (Å²) < 4.78 is 46.1. The molecule has 8 nitrogen and oxygen atoms in total. The number of hydrogen-bond donors (Lipinski definition) is 2. The van der Waals surface area contributed by atoms with Crippen LogP contribution in [0.3, 0.4) is 0 Å². The van der Waals surface area contributed by atoms with E-state index in [9.17, 15) is 18.0 Å². The first-order valence-electron chi connectivity index (χ1n) is 10.5. The number of piperidine rings is 1. The highest BCUT2D eigenvalue weighted by Crippen LogP contribution is 2.39. The molecule has 0 aromatic carbocycles. The lowest BCUT2D eigenvalue weighted by Crippen LogP contribution is -2.46. The van der Waals surface area contributed by atoms with Crippen molar-refractivity contribution in [3.05, 3.63) is 17.3 Å². The van der Waals surface area contributed by atoms with Crippen molar-refractivity contribution >= 4 is 22.8 Å². The Morgan fingerprint density at radius 2 is 1.97 bits per heavy atom. The van der Waals surface area contributed by atoms with Gasteiger partial charge in [-0.3, -0.25) is 14.8 Å². The van der Waals surface area contributed by atoms with E-state index in [1.165, 1.54) is 0 Å². The molecule has 1 unspecified atom stereocenters. The Hall–Kier alpha value is -2.40. The Morgan fingerprint density at radius 3 is 2.61 bits per heavy atom. The van der Waals surface area contributed by atoms with Gasteiger partial charge in [-0.05, 0) is 18.9 Å². The second-order valence-electron chi connectivity index (χ2n) is 8.34. The van der Waals surface area contributed by atoms with Gasteiger partial charge in [-0.2, -0.15) is 18.3 Å². The second kappa shape index (κ2) is 8.62. The van der Waals surface area contributed by atoms with Gasteiger partial charge in [0.25, 0.3) is 0 Å². The molecule has 2 aliphatic rings. The topological polar surface area (TPSA) is 100 Å². The number of morpholine rings is 1. The van der Waals surface area contributed by atoms with Crippen LogP contribution in [0.5, 0.6) is 0 Å². The van der Waals surface area contributed by atoms with Crippen LogP contribution in [0.15, 0.2) is 6.07 Å². The SMILES string of the molecule is CC(CN1CCOCC1)C(=O)N1CCC(c2cc(C(F)(F)F)c3c(N)[nH]nc3n2)CC1. The Balaban J connectivity index is 1.42. The van der Waals surface area contributed by atoms with Crippen LogP contribution in [0.25, 0.3) is 11.0 Å². The molecule has 0 spiro atoms. The van der Waals surface area contributed by atoms with E-state index < -0.39 is 11.7 Å². The van der Waals surface area contributed by atoms with E-state index >= 15 is 0 Å². The van der Waals surface area contributed by atoms with Crippen molar-refractivity contribution in [1.82, 2.24) is 25.0 Å². The van der Waals surface area contributed by atoms with Crippen molar-refractivity contribution in [3.8, 4) is 0 Å². The minimum absolute atomic E-state index is 0.0278. The summed E-state index contributed by atoms with van der Waals surface area (Å²) in [5.41, 5.74) is 5.13. The number of aromatic nitrogens is 3. The molecule has 2 aliphatic heterocycles. The number of pyridine rings is 1. The smallest absolute Gasteiger partial charge is 0.383 e. The molecule has 2 fully saturated rings. The number of H-pyrrole nitrogens is 1. The van der Waals surface area contributed by atoms with Crippen molar-refractivity contribution in [3.63, 3.8) is 0 Å². The van der Waals surface area contributed by atoms with E-state index in [2.05, 4.69) is 20.1 Å². The first-order valence-corrected chi connectivity index (χ1v) is 10.5. The number of nitrogen functional groups attached to an aromatic ring is 1. The number of carbonyl (C=O) groups excluding carboxylic acids is 1. The molecule has 0 aliphatic carbocycles. The molecule has 2 aromatic rings. The first kappa shape index (κ1) is 21.8. The summed E-state index contributed by atoms with van der Waals surface area (Å²) >= 11 is 0. The van der Waals surface area contributed by atoms with Crippen molar-refractivity contribution in [2.75, 3.05) is 51.7 Å². The third-order valence-corrected chi connectivity index (χ3v) is 6.16. The van der Waals surface area contributed by atoms with Gasteiger partial charge in [0, 0.05) is 50.3 Å². The van der Waals surface area contributed by atoms with E-state index in [4.69, 9.17) is 10.5 Å². The first-order chi connectivity index (χ1) is 14.7. The van der Waals surface area contributed by atoms with Crippen molar-refractivity contribution in [2.24, 2.45) is 5.92 Å². The van der Waals surface area contributed by atoms with Crippen LogP contribution in [0, 0.1) is 5.92 Å². The summed E-state index contributed by atoms with van der Waals surface area (Å²) in [5.74, 6) is -0.351. The minimum Gasteiger partial charge on any atom is -0.383 e. The number of aromatic amines is 1. The maximum atomic E-state index is 13.6. The van der Waals surface area contributed by atoms with Gasteiger partial charge in [0.15, 0.2) is 5.65 Å². The van der Waals surface area contributed by atoms with Gasteiger partial charge < -0.3 is 15.4 Å². The molecule has 0 bridgehead atoms. The fourth-order valence-electron chi connectivity index (χ4n) is 4.46. The Kier molecular flexibility index (Phi) is 6.07. The molecule has 1 atom stereocenters. The van der Waals surface area contributed by atoms with E-state index in [-0.39, 0.29) is 34.6 Å². The van der Waals surface area contributed by atoms with Crippen LogP contribution in [-0.4, -0.2) is 76.8 Å². The van der Waals surface area contributed by atoms with Gasteiger partial charge in [-0.25, -0.2) is 4.98 Å². The van der Waals surface area contributed by atoms with Crippen LogP contribution >= 0.6 is 0 Å². The predicted octanol–water partition coefficient (Wildman–Crippen LogP) is 2.23. The highest BCUT2D eigenvalue weighted by Gasteiger charge is 2.37. The minimum atomic E-state index is -4.56. The molecule has 4 rings (SSSR count). The monoisotopic (exact) mass is 440 g/mol. The fourth-order valence-corrected chi connectivity index (χ4v) is 4.46. The molecule has 1 amide bonds. The normalized spacial score (nSPS) is 20.3. The highest BCUT2D eigenvalue weighted by atomic mass is 19.4. The summed E-state index contributed by atoms with van der Waals surface area (Å²) in [6.07, 6.45) is -3.43. The average Bonchev–Trinajstić information content (AvgIpc) is 3.13. The zero-order chi connectivity index (χ0) is 22.2. The number of alkyl halides is 3. The molecular weight excluding hydrogens is 413 g/mol. The van der Waals surface area contributed by atoms with Crippen LogP contribution in [0.1, 0.15) is 36.9 Å². The number of likely N-dealkylation sites (tertiary alicyclic amines) is 1. The zero-order valence-corrected chi connectivity index (χ0v) is 17.4. The molecular formula is C20H27F3N6O2. The highest BCUT2D eigenvalue weighted by molar-refractivity contribution is 5.89. The number of amides is 1. The molecule has 170 valence electrons. The summed E-state index contributed by atoms with van der Waals surface area (Å²) in [4.78, 5) is 21.2. The number of ether oxygens (including phenoxy) is 1. The molecule has 2 saturated heterocycles. The number of hydrogen-bond acceptors (Lipinski definition) is 6. The van der Waals surface area contributed by atoms with E-state index in [1.54, 1.807) is 0 Å².